The van der Waals surface area contributed by atoms with Crippen molar-refractivity contribution >= 4 is 0 Å². The maximum absolute atomic E-state index is 7.19. The van der Waals surface area contributed by atoms with Crippen molar-refractivity contribution in [3.8, 4) is 0 Å². The fourth-order valence-electron chi connectivity index (χ4n) is 11.0. The molecule has 1 nitrogen and oxygen atoms in total. The molecule has 0 aromatic carbocycles. The molecule has 0 aliphatic heterocycles. The van der Waals surface area contributed by atoms with Crippen LogP contribution < -0.4 is 5.73 Å². The molecule has 2 N–H and O–H groups in total. The third-order valence-corrected chi connectivity index (χ3v) is 12.6. The van der Waals surface area contributed by atoms with E-state index in [4.69, 9.17) is 5.73 Å². The molecular weight excluding hydrogens is 362 g/mol. The Morgan fingerprint density at radius 1 is 0.833 bits per heavy atom. The normalized spacial score (nSPS) is 57.0. The second-order valence-electron chi connectivity index (χ2n) is 14.0. The molecule has 0 spiro atoms. The molecular formula is C29H48N. The first-order chi connectivity index (χ1) is 13.9. The van der Waals surface area contributed by atoms with E-state index in [2.05, 4.69) is 54.5 Å². The van der Waals surface area contributed by atoms with Gasteiger partial charge in [-0.05, 0) is 129 Å². The van der Waals surface area contributed by atoms with Crippen LogP contribution in [-0.2, 0) is 0 Å². The molecule has 30 heavy (non-hydrogen) atoms. The van der Waals surface area contributed by atoms with Gasteiger partial charge in [-0.1, -0.05) is 46.8 Å². The van der Waals surface area contributed by atoms with Crippen LogP contribution in [0.4, 0.5) is 0 Å². The molecule has 0 aromatic heterocycles. The maximum Gasteiger partial charge on any atom is 0.0191 e. The predicted octanol–water partition coefficient (Wildman–Crippen LogP) is 7.56. The summed E-state index contributed by atoms with van der Waals surface area (Å²) in [6.07, 6.45) is 16.2. The van der Waals surface area contributed by atoms with E-state index in [1.807, 2.05) is 0 Å². The van der Waals surface area contributed by atoms with E-state index in [-0.39, 0.29) is 5.54 Å². The second kappa shape index (κ2) is 6.39. The Morgan fingerprint density at radius 2 is 1.57 bits per heavy atom. The number of hydrogen-bond donors (Lipinski definition) is 1. The molecule has 5 rings (SSSR count). The Hall–Kier alpha value is -0.300. The van der Waals surface area contributed by atoms with Gasteiger partial charge in [0, 0.05) is 5.54 Å². The molecule has 0 saturated heterocycles. The van der Waals surface area contributed by atoms with Crippen LogP contribution in [0.3, 0.4) is 0 Å². The topological polar surface area (TPSA) is 26.0 Å². The van der Waals surface area contributed by atoms with Crippen molar-refractivity contribution in [1.29, 1.82) is 0 Å². The molecule has 0 amide bonds. The summed E-state index contributed by atoms with van der Waals surface area (Å²) in [4.78, 5) is 0. The lowest BCUT2D eigenvalue weighted by atomic mass is 9.33. The van der Waals surface area contributed by atoms with Gasteiger partial charge in [-0.15, -0.1) is 0 Å². The highest BCUT2D eigenvalue weighted by Gasteiger charge is 2.69. The molecule has 0 heterocycles. The number of fused-ring (bicyclic) bond motifs is 7. The molecule has 0 unspecified atom stereocenters. The zero-order chi connectivity index (χ0) is 21.7. The highest BCUT2D eigenvalue weighted by Crippen LogP contribution is 2.76. The van der Waals surface area contributed by atoms with Crippen molar-refractivity contribution in [2.24, 2.45) is 57.0 Å². The van der Waals surface area contributed by atoms with Crippen molar-refractivity contribution in [3.05, 3.63) is 18.6 Å². The van der Waals surface area contributed by atoms with Gasteiger partial charge < -0.3 is 5.73 Å². The molecule has 5 aliphatic rings. The van der Waals surface area contributed by atoms with Crippen LogP contribution in [-0.4, -0.2) is 5.54 Å². The first kappa shape index (κ1) is 21.5. The summed E-state index contributed by atoms with van der Waals surface area (Å²) < 4.78 is 0. The van der Waals surface area contributed by atoms with Crippen LogP contribution >= 0.6 is 0 Å². The van der Waals surface area contributed by atoms with Gasteiger partial charge in [-0.3, -0.25) is 0 Å². The summed E-state index contributed by atoms with van der Waals surface area (Å²) in [6, 6.07) is 0. The maximum atomic E-state index is 7.19. The Morgan fingerprint density at radius 3 is 2.27 bits per heavy atom. The number of hydrogen-bond acceptors (Lipinski definition) is 1. The minimum atomic E-state index is 0.0832. The van der Waals surface area contributed by atoms with E-state index in [9.17, 15) is 0 Å². The van der Waals surface area contributed by atoms with E-state index in [0.717, 1.165) is 17.8 Å². The highest BCUT2D eigenvalue weighted by molar-refractivity contribution is 5.23. The Labute approximate surface area is 187 Å². The standard InChI is InChI=1S/C29H48N/c1-19(2)20-11-16-29(30)18-17-27(6)21(24(20)29)9-10-23-26(5)14-8-13-25(3,4)22(26)12-15-28(23,27)7/h13,20-24H,1,8-12,14-18,30H2,2-7H3/t20-,21+,22+,23+,24+,26+,27+,28+,29-/m0/s1. The van der Waals surface area contributed by atoms with Crippen LogP contribution in [0.1, 0.15) is 106 Å². The Balaban J connectivity index is 1.55. The van der Waals surface area contributed by atoms with Gasteiger partial charge in [0.15, 0.2) is 0 Å². The van der Waals surface area contributed by atoms with E-state index in [1.165, 1.54) is 69.8 Å². The van der Waals surface area contributed by atoms with Gasteiger partial charge in [0.2, 0.25) is 0 Å². The molecule has 5 aliphatic carbocycles. The molecule has 5 saturated carbocycles. The molecule has 0 bridgehead atoms. The van der Waals surface area contributed by atoms with Crippen LogP contribution in [0, 0.1) is 57.7 Å². The van der Waals surface area contributed by atoms with Gasteiger partial charge in [-0.25, -0.2) is 0 Å². The van der Waals surface area contributed by atoms with Gasteiger partial charge in [0.1, 0.15) is 0 Å². The number of rotatable bonds is 1. The van der Waals surface area contributed by atoms with Crippen LogP contribution in [0.15, 0.2) is 12.2 Å². The molecule has 1 radical (unpaired) electrons. The minimum Gasteiger partial charge on any atom is -0.325 e. The lowest BCUT2D eigenvalue weighted by molar-refractivity contribution is -0.224. The summed E-state index contributed by atoms with van der Waals surface area (Å²) in [5.41, 5.74) is 10.5. The van der Waals surface area contributed by atoms with Crippen LogP contribution in [0.5, 0.6) is 0 Å². The SMILES string of the molecule is C=C(C)[C@@H]1CC[C@]2(N)CC[C@]3(C)[C@H](CC[C@@H]4[C@]5(C)CC[CH]C(C)(C)[C@H]5CC[C@]43C)[C@@H]12. The molecule has 169 valence electrons. The predicted molar refractivity (Wildman–Crippen MR) is 128 cm³/mol. The van der Waals surface area contributed by atoms with Crippen LogP contribution in [0.2, 0.25) is 0 Å². The largest absolute Gasteiger partial charge is 0.325 e. The van der Waals surface area contributed by atoms with E-state index < -0.39 is 0 Å². The lowest BCUT2D eigenvalue weighted by Crippen LogP contribution is -2.67. The quantitative estimate of drug-likeness (QED) is 0.443. The molecule has 5 fully saturated rings. The third-order valence-electron chi connectivity index (χ3n) is 12.6. The average molecular weight is 411 g/mol. The number of nitrogens with two attached hydrogens (primary N) is 1. The highest BCUT2D eigenvalue weighted by atomic mass is 14.8. The van der Waals surface area contributed by atoms with Crippen LogP contribution in [0.25, 0.3) is 0 Å². The van der Waals surface area contributed by atoms with Gasteiger partial charge in [0.05, 0.1) is 0 Å². The molecule has 9 atom stereocenters. The number of allylic oxidation sites excluding steroid dienone is 1. The van der Waals surface area contributed by atoms with Gasteiger partial charge in [0.25, 0.3) is 0 Å². The molecule has 0 aromatic rings. The summed E-state index contributed by atoms with van der Waals surface area (Å²) in [6.45, 7) is 20.0. The van der Waals surface area contributed by atoms with Crippen molar-refractivity contribution in [2.45, 2.75) is 111 Å². The Kier molecular flexibility index (Phi) is 4.59. The first-order valence-electron chi connectivity index (χ1n) is 13.2. The zero-order valence-corrected chi connectivity index (χ0v) is 20.8. The Bertz CT molecular complexity index is 737. The van der Waals surface area contributed by atoms with Crippen molar-refractivity contribution in [2.75, 3.05) is 0 Å². The van der Waals surface area contributed by atoms with E-state index in [1.54, 1.807) is 0 Å². The van der Waals surface area contributed by atoms with Crippen molar-refractivity contribution in [3.63, 3.8) is 0 Å². The summed E-state index contributed by atoms with van der Waals surface area (Å²) in [7, 11) is 0. The smallest absolute Gasteiger partial charge is 0.0191 e. The van der Waals surface area contributed by atoms with Crippen molar-refractivity contribution < 1.29 is 0 Å². The van der Waals surface area contributed by atoms with E-state index in [0.29, 0.717) is 33.5 Å². The second-order valence-corrected chi connectivity index (χ2v) is 14.0. The average Bonchev–Trinajstić information content (AvgIpc) is 2.99. The fraction of sp³-hybridized carbons (Fsp3) is 0.897. The first-order valence-corrected chi connectivity index (χ1v) is 13.2. The lowest BCUT2D eigenvalue weighted by Gasteiger charge is -2.72. The monoisotopic (exact) mass is 410 g/mol. The minimum absolute atomic E-state index is 0.0832. The van der Waals surface area contributed by atoms with E-state index >= 15 is 0 Å². The summed E-state index contributed by atoms with van der Waals surface area (Å²) >= 11 is 0. The van der Waals surface area contributed by atoms with Crippen molar-refractivity contribution in [1.82, 2.24) is 0 Å². The fourth-order valence-corrected chi connectivity index (χ4v) is 11.0. The summed E-state index contributed by atoms with van der Waals surface area (Å²) in [5, 5.41) is 0. The van der Waals surface area contributed by atoms with Gasteiger partial charge >= 0.3 is 0 Å². The molecule has 1 heteroatoms. The zero-order valence-electron chi connectivity index (χ0n) is 20.8. The van der Waals surface area contributed by atoms with Gasteiger partial charge in [-0.2, -0.15) is 0 Å². The summed E-state index contributed by atoms with van der Waals surface area (Å²) in [5.74, 6) is 3.88. The third kappa shape index (κ3) is 2.51.